The number of aryl methyl sites for hydroxylation is 1. The van der Waals surface area contributed by atoms with Crippen molar-refractivity contribution in [1.29, 1.82) is 0 Å². The summed E-state index contributed by atoms with van der Waals surface area (Å²) in [5, 5.41) is 3.19. The van der Waals surface area contributed by atoms with Gasteiger partial charge in [-0.15, -0.1) is 0 Å². The molecule has 1 amide bonds. The van der Waals surface area contributed by atoms with Crippen LogP contribution >= 0.6 is 15.9 Å². The van der Waals surface area contributed by atoms with Crippen molar-refractivity contribution < 1.29 is 4.79 Å². The predicted octanol–water partition coefficient (Wildman–Crippen LogP) is 4.07. The average molecular weight is 310 g/mol. The highest BCUT2D eigenvalue weighted by Crippen LogP contribution is 2.24. The first kappa shape index (κ1) is 13.6. The van der Waals surface area contributed by atoms with E-state index in [1.165, 1.54) is 19.3 Å². The van der Waals surface area contributed by atoms with Crippen molar-refractivity contribution in [2.75, 3.05) is 0 Å². The maximum Gasteiger partial charge on any atom is 0.251 e. The summed E-state index contributed by atoms with van der Waals surface area (Å²) in [6, 6.07) is 6.18. The fraction of sp³-hybridized carbons (Fsp3) is 0.533. The third-order valence-electron chi connectivity index (χ3n) is 3.87. The lowest BCUT2D eigenvalue weighted by Gasteiger charge is -2.29. The highest BCUT2D eigenvalue weighted by atomic mass is 79.9. The molecule has 1 saturated carbocycles. The summed E-state index contributed by atoms with van der Waals surface area (Å²) in [7, 11) is 0. The number of hydrogen-bond donors (Lipinski definition) is 1. The summed E-state index contributed by atoms with van der Waals surface area (Å²) in [6.07, 6.45) is 4.86. The second-order valence-electron chi connectivity index (χ2n) is 5.30. The van der Waals surface area contributed by atoms with Gasteiger partial charge in [0, 0.05) is 16.1 Å². The Morgan fingerprint density at radius 3 is 2.78 bits per heavy atom. The lowest BCUT2D eigenvalue weighted by Crippen LogP contribution is -2.41. The molecule has 0 bridgehead atoms. The molecule has 0 radical (unpaired) electrons. The van der Waals surface area contributed by atoms with Crippen LogP contribution in [-0.2, 0) is 0 Å². The van der Waals surface area contributed by atoms with E-state index < -0.39 is 0 Å². The molecule has 18 heavy (non-hydrogen) atoms. The number of hydrogen-bond acceptors (Lipinski definition) is 1. The van der Waals surface area contributed by atoms with Crippen LogP contribution in [0.5, 0.6) is 0 Å². The molecule has 0 spiro atoms. The van der Waals surface area contributed by atoms with E-state index in [1.807, 2.05) is 25.1 Å². The lowest BCUT2D eigenvalue weighted by atomic mass is 9.86. The third kappa shape index (κ3) is 3.14. The van der Waals surface area contributed by atoms with Crippen LogP contribution in [0.2, 0.25) is 0 Å². The number of carbonyl (C=O) groups is 1. The zero-order valence-electron chi connectivity index (χ0n) is 11.0. The van der Waals surface area contributed by atoms with Crippen molar-refractivity contribution in [2.24, 2.45) is 5.92 Å². The molecule has 1 aromatic carbocycles. The molecule has 1 aromatic rings. The normalized spacial score (nSPS) is 23.7. The van der Waals surface area contributed by atoms with E-state index in [1.54, 1.807) is 0 Å². The van der Waals surface area contributed by atoms with Gasteiger partial charge in [-0.1, -0.05) is 41.8 Å². The summed E-state index contributed by atoms with van der Waals surface area (Å²) in [4.78, 5) is 12.3. The van der Waals surface area contributed by atoms with Gasteiger partial charge in [0.05, 0.1) is 0 Å². The van der Waals surface area contributed by atoms with Crippen LogP contribution in [0.4, 0.5) is 0 Å². The van der Waals surface area contributed by atoms with Crippen LogP contribution in [0, 0.1) is 12.8 Å². The molecular weight excluding hydrogens is 290 g/mol. The van der Waals surface area contributed by atoms with E-state index in [0.717, 1.165) is 22.0 Å². The Labute approximate surface area is 117 Å². The van der Waals surface area contributed by atoms with Crippen molar-refractivity contribution in [3.8, 4) is 0 Å². The molecule has 1 N–H and O–H groups in total. The molecule has 2 atom stereocenters. The molecule has 3 heteroatoms. The Hall–Kier alpha value is -0.830. The van der Waals surface area contributed by atoms with Gasteiger partial charge in [0.25, 0.3) is 5.91 Å². The highest BCUT2D eigenvalue weighted by molar-refractivity contribution is 9.10. The van der Waals surface area contributed by atoms with Crippen LogP contribution in [0.25, 0.3) is 0 Å². The van der Waals surface area contributed by atoms with Crippen molar-refractivity contribution in [3.05, 3.63) is 33.8 Å². The SMILES string of the molecule is Cc1ccc(Br)cc1C(=O)NC1CCCCC1C. The Bertz CT molecular complexity index is 444. The zero-order chi connectivity index (χ0) is 13.1. The van der Waals surface area contributed by atoms with E-state index in [9.17, 15) is 4.79 Å². The molecule has 2 nitrogen and oxygen atoms in total. The molecule has 1 aliphatic carbocycles. The fourth-order valence-corrected chi connectivity index (χ4v) is 2.98. The third-order valence-corrected chi connectivity index (χ3v) is 4.37. The van der Waals surface area contributed by atoms with Crippen LogP contribution in [0.1, 0.15) is 48.5 Å². The molecule has 0 saturated heterocycles. The highest BCUT2D eigenvalue weighted by Gasteiger charge is 2.23. The maximum atomic E-state index is 12.3. The topological polar surface area (TPSA) is 29.1 Å². The lowest BCUT2D eigenvalue weighted by molar-refractivity contribution is 0.0909. The van der Waals surface area contributed by atoms with E-state index in [4.69, 9.17) is 0 Å². The summed E-state index contributed by atoms with van der Waals surface area (Å²) in [5.41, 5.74) is 1.81. The largest absolute Gasteiger partial charge is 0.349 e. The summed E-state index contributed by atoms with van der Waals surface area (Å²) in [6.45, 7) is 4.21. The van der Waals surface area contributed by atoms with Gasteiger partial charge in [-0.3, -0.25) is 4.79 Å². The van der Waals surface area contributed by atoms with Crippen LogP contribution in [0.15, 0.2) is 22.7 Å². The minimum absolute atomic E-state index is 0.0625. The van der Waals surface area contributed by atoms with Gasteiger partial charge in [0.1, 0.15) is 0 Å². The van der Waals surface area contributed by atoms with Crippen LogP contribution in [0.3, 0.4) is 0 Å². The first-order valence-corrected chi connectivity index (χ1v) is 7.44. The van der Waals surface area contributed by atoms with E-state index >= 15 is 0 Å². The number of nitrogens with one attached hydrogen (secondary N) is 1. The average Bonchev–Trinajstić information content (AvgIpc) is 2.35. The zero-order valence-corrected chi connectivity index (χ0v) is 12.6. The Morgan fingerprint density at radius 1 is 1.33 bits per heavy atom. The van der Waals surface area contributed by atoms with Crippen molar-refractivity contribution >= 4 is 21.8 Å². The molecule has 1 fully saturated rings. The quantitative estimate of drug-likeness (QED) is 0.876. The van der Waals surface area contributed by atoms with Gasteiger partial charge < -0.3 is 5.32 Å². The van der Waals surface area contributed by atoms with Crippen molar-refractivity contribution in [2.45, 2.75) is 45.6 Å². The summed E-state index contributed by atoms with van der Waals surface area (Å²) < 4.78 is 0.954. The van der Waals surface area contributed by atoms with Gasteiger partial charge in [0.2, 0.25) is 0 Å². The Morgan fingerprint density at radius 2 is 2.06 bits per heavy atom. The second kappa shape index (κ2) is 5.87. The van der Waals surface area contributed by atoms with Gasteiger partial charge in [0.15, 0.2) is 0 Å². The minimum atomic E-state index is 0.0625. The minimum Gasteiger partial charge on any atom is -0.349 e. The van der Waals surface area contributed by atoms with Gasteiger partial charge in [-0.25, -0.2) is 0 Å². The first-order valence-electron chi connectivity index (χ1n) is 6.65. The molecule has 0 aliphatic heterocycles. The molecule has 2 unspecified atom stereocenters. The number of halogens is 1. The molecular formula is C15H20BrNO. The Kier molecular flexibility index (Phi) is 4.44. The van der Waals surface area contributed by atoms with Crippen molar-refractivity contribution in [1.82, 2.24) is 5.32 Å². The smallest absolute Gasteiger partial charge is 0.251 e. The van der Waals surface area contributed by atoms with Gasteiger partial charge >= 0.3 is 0 Å². The molecule has 1 aliphatic rings. The number of amides is 1. The number of carbonyl (C=O) groups excluding carboxylic acids is 1. The van der Waals surface area contributed by atoms with Crippen molar-refractivity contribution in [3.63, 3.8) is 0 Å². The van der Waals surface area contributed by atoms with E-state index in [2.05, 4.69) is 28.2 Å². The predicted molar refractivity (Wildman–Crippen MR) is 77.8 cm³/mol. The van der Waals surface area contributed by atoms with E-state index in [0.29, 0.717) is 12.0 Å². The van der Waals surface area contributed by atoms with Gasteiger partial charge in [-0.05, 0) is 43.4 Å². The van der Waals surface area contributed by atoms with E-state index in [-0.39, 0.29) is 5.91 Å². The molecule has 98 valence electrons. The van der Waals surface area contributed by atoms with Crippen LogP contribution in [-0.4, -0.2) is 11.9 Å². The monoisotopic (exact) mass is 309 g/mol. The fourth-order valence-electron chi connectivity index (χ4n) is 2.62. The number of rotatable bonds is 2. The van der Waals surface area contributed by atoms with Crippen LogP contribution < -0.4 is 5.32 Å². The summed E-state index contributed by atoms with van der Waals surface area (Å²) in [5.74, 6) is 0.655. The van der Waals surface area contributed by atoms with Gasteiger partial charge in [-0.2, -0.15) is 0 Å². The number of benzene rings is 1. The standard InChI is InChI=1S/C15H20BrNO/c1-10-7-8-12(16)9-13(10)15(18)17-14-6-4-3-5-11(14)2/h7-9,11,14H,3-6H2,1-2H3,(H,17,18). The second-order valence-corrected chi connectivity index (χ2v) is 6.22. The Balaban J connectivity index is 2.09. The maximum absolute atomic E-state index is 12.3. The first-order chi connectivity index (χ1) is 8.58. The molecule has 0 aromatic heterocycles. The molecule has 2 rings (SSSR count). The summed E-state index contributed by atoms with van der Waals surface area (Å²) >= 11 is 3.42. The molecule has 0 heterocycles.